The molecular formula is C14H25CuN2O. The fraction of sp³-hybridized carbons (Fsp3) is 0.500. The van der Waals surface area contributed by atoms with Gasteiger partial charge in [0.25, 0.3) is 0 Å². The smallest absolute Gasteiger partial charge is 0.499 e. The van der Waals surface area contributed by atoms with Crippen molar-refractivity contribution in [1.29, 1.82) is 0 Å². The van der Waals surface area contributed by atoms with Crippen LogP contribution in [0.2, 0.25) is 0 Å². The van der Waals surface area contributed by atoms with Crippen LogP contribution in [0.25, 0.3) is 0 Å². The Kier molecular flexibility index (Phi) is 12.5. The zero-order valence-corrected chi connectivity index (χ0v) is 13.0. The van der Waals surface area contributed by atoms with Crippen molar-refractivity contribution >= 4 is 0 Å². The van der Waals surface area contributed by atoms with Crippen molar-refractivity contribution in [2.24, 2.45) is 0 Å². The quantitative estimate of drug-likeness (QED) is 0.625. The van der Waals surface area contributed by atoms with E-state index in [-0.39, 0.29) is 17.1 Å². The van der Waals surface area contributed by atoms with Crippen LogP contribution in [0.15, 0.2) is 24.3 Å². The minimum absolute atomic E-state index is 0. The maximum Gasteiger partial charge on any atom is 1.00 e. The normalized spacial score (nSPS) is 9.50. The van der Waals surface area contributed by atoms with Gasteiger partial charge < -0.3 is 14.5 Å². The van der Waals surface area contributed by atoms with E-state index in [1.807, 2.05) is 24.3 Å². The van der Waals surface area contributed by atoms with E-state index in [0.717, 1.165) is 24.4 Å². The molecule has 0 bridgehead atoms. The number of hydrogen-bond acceptors (Lipinski definition) is 3. The van der Waals surface area contributed by atoms with Gasteiger partial charge in [-0.15, -0.1) is 0 Å². The van der Waals surface area contributed by atoms with Crippen molar-refractivity contribution < 1.29 is 21.8 Å². The molecule has 1 aromatic rings. The van der Waals surface area contributed by atoms with Crippen LogP contribution in [0.1, 0.15) is 5.56 Å². The SMILES string of the molecule is CN(C)CCN(C)C.[CH2-]c1ccc(OC)cc1.[Cu+]. The summed E-state index contributed by atoms with van der Waals surface area (Å²) in [6.45, 7) is 6.03. The molecule has 0 unspecified atom stereocenters. The predicted molar refractivity (Wildman–Crippen MR) is 74.6 cm³/mol. The second-order valence-corrected chi connectivity index (χ2v) is 4.45. The van der Waals surface area contributed by atoms with Crippen molar-refractivity contribution in [3.63, 3.8) is 0 Å². The Morgan fingerprint density at radius 1 is 0.944 bits per heavy atom. The Morgan fingerprint density at radius 2 is 1.33 bits per heavy atom. The van der Waals surface area contributed by atoms with Gasteiger partial charge in [0, 0.05) is 13.1 Å². The fourth-order valence-corrected chi connectivity index (χ4v) is 1.03. The average Bonchev–Trinajstić information content (AvgIpc) is 2.28. The van der Waals surface area contributed by atoms with Gasteiger partial charge in [0.1, 0.15) is 0 Å². The molecule has 0 spiro atoms. The first-order valence-electron chi connectivity index (χ1n) is 5.71. The van der Waals surface area contributed by atoms with Crippen LogP contribution >= 0.6 is 0 Å². The summed E-state index contributed by atoms with van der Waals surface area (Å²) in [6, 6.07) is 7.61. The van der Waals surface area contributed by atoms with Crippen molar-refractivity contribution in [3.8, 4) is 5.75 Å². The van der Waals surface area contributed by atoms with Crippen molar-refractivity contribution in [2.75, 3.05) is 48.4 Å². The Labute approximate surface area is 123 Å². The molecule has 0 N–H and O–H groups in total. The van der Waals surface area contributed by atoms with Crippen LogP contribution in [-0.4, -0.2) is 58.2 Å². The molecule has 3 nitrogen and oxygen atoms in total. The molecule has 18 heavy (non-hydrogen) atoms. The third-order valence-corrected chi connectivity index (χ3v) is 2.15. The van der Waals surface area contributed by atoms with E-state index in [0.29, 0.717) is 0 Å². The summed E-state index contributed by atoms with van der Waals surface area (Å²) in [6.07, 6.45) is 0. The molecule has 1 rings (SSSR count). The molecule has 108 valence electrons. The Morgan fingerprint density at radius 3 is 1.61 bits per heavy atom. The molecule has 0 aliphatic heterocycles. The molecule has 0 amide bonds. The topological polar surface area (TPSA) is 15.7 Å². The van der Waals surface area contributed by atoms with E-state index < -0.39 is 0 Å². The number of nitrogens with zero attached hydrogens (tertiary/aromatic N) is 2. The number of hydrogen-bond donors (Lipinski definition) is 0. The van der Waals surface area contributed by atoms with E-state index in [4.69, 9.17) is 4.74 Å². The summed E-state index contributed by atoms with van der Waals surface area (Å²) >= 11 is 0. The second kappa shape index (κ2) is 11.4. The zero-order chi connectivity index (χ0) is 13.3. The summed E-state index contributed by atoms with van der Waals surface area (Å²) in [5.41, 5.74) is 1.01. The number of likely N-dealkylation sites (N-methyl/N-ethyl adjacent to an activating group) is 2. The third-order valence-electron chi connectivity index (χ3n) is 2.15. The van der Waals surface area contributed by atoms with Crippen LogP contribution < -0.4 is 4.74 Å². The predicted octanol–water partition coefficient (Wildman–Crippen LogP) is 1.98. The largest absolute Gasteiger partial charge is 1.00 e. The Hall–Kier alpha value is -0.671. The zero-order valence-electron chi connectivity index (χ0n) is 12.0. The van der Waals surface area contributed by atoms with Gasteiger partial charge in [0.2, 0.25) is 0 Å². The summed E-state index contributed by atoms with van der Waals surface area (Å²) < 4.78 is 4.94. The van der Waals surface area contributed by atoms with E-state index >= 15 is 0 Å². The first-order valence-corrected chi connectivity index (χ1v) is 5.71. The summed E-state index contributed by atoms with van der Waals surface area (Å²) in [7, 11) is 10.00. The Bertz CT molecular complexity index is 278. The van der Waals surface area contributed by atoms with Gasteiger partial charge in [0.15, 0.2) is 0 Å². The average molecular weight is 301 g/mol. The van der Waals surface area contributed by atoms with Gasteiger partial charge in [-0.3, -0.25) is 0 Å². The number of ether oxygens (including phenoxy) is 1. The monoisotopic (exact) mass is 300 g/mol. The fourth-order valence-electron chi connectivity index (χ4n) is 1.03. The van der Waals surface area contributed by atoms with Gasteiger partial charge in [-0.2, -0.15) is 24.6 Å². The molecule has 0 fully saturated rings. The molecule has 0 aliphatic carbocycles. The van der Waals surface area contributed by atoms with Crippen LogP contribution in [0.3, 0.4) is 0 Å². The van der Waals surface area contributed by atoms with Gasteiger partial charge in [0.05, 0.1) is 12.9 Å². The minimum atomic E-state index is 0. The first kappa shape index (κ1) is 19.7. The van der Waals surface area contributed by atoms with Crippen LogP contribution in [0.4, 0.5) is 0 Å². The molecule has 0 atom stereocenters. The maximum absolute atomic E-state index is 4.94. The molecule has 1 aromatic carbocycles. The molecule has 0 aromatic heterocycles. The molecule has 4 heteroatoms. The van der Waals surface area contributed by atoms with Gasteiger partial charge >= 0.3 is 17.1 Å². The third kappa shape index (κ3) is 11.8. The first-order chi connectivity index (χ1) is 7.95. The van der Waals surface area contributed by atoms with E-state index in [2.05, 4.69) is 44.9 Å². The summed E-state index contributed by atoms with van der Waals surface area (Å²) in [4.78, 5) is 4.36. The molecule has 0 saturated carbocycles. The van der Waals surface area contributed by atoms with E-state index in [1.54, 1.807) is 7.11 Å². The van der Waals surface area contributed by atoms with Crippen molar-refractivity contribution in [1.82, 2.24) is 9.80 Å². The standard InChI is InChI=1S/C8H9O.C6H16N2.Cu/c1-7-3-5-8(9-2)6-4-7;1-7(2)5-6-8(3)4;/h3-6H,1H2,2H3;5-6H2,1-4H3;/q-1;;+1. The molecule has 0 saturated heterocycles. The number of rotatable bonds is 4. The number of methoxy groups -OCH3 is 1. The second-order valence-electron chi connectivity index (χ2n) is 4.45. The van der Waals surface area contributed by atoms with Crippen LogP contribution in [-0.2, 0) is 17.1 Å². The minimum Gasteiger partial charge on any atom is -0.499 e. The van der Waals surface area contributed by atoms with E-state index in [1.165, 1.54) is 0 Å². The van der Waals surface area contributed by atoms with Gasteiger partial charge in [-0.1, -0.05) is 12.1 Å². The molecule has 0 aliphatic rings. The van der Waals surface area contributed by atoms with Crippen LogP contribution in [0, 0.1) is 6.92 Å². The van der Waals surface area contributed by atoms with Gasteiger partial charge in [-0.25, -0.2) is 0 Å². The van der Waals surface area contributed by atoms with Crippen molar-refractivity contribution in [3.05, 3.63) is 36.8 Å². The number of benzene rings is 1. The van der Waals surface area contributed by atoms with Gasteiger partial charge in [-0.05, 0) is 28.2 Å². The summed E-state index contributed by atoms with van der Waals surface area (Å²) in [5.74, 6) is 0.877. The van der Waals surface area contributed by atoms with E-state index in [9.17, 15) is 0 Å². The molecule has 0 heterocycles. The van der Waals surface area contributed by atoms with Crippen molar-refractivity contribution in [2.45, 2.75) is 0 Å². The van der Waals surface area contributed by atoms with Crippen LogP contribution in [0.5, 0.6) is 5.75 Å². The Balaban J connectivity index is 0. The molecular weight excluding hydrogens is 276 g/mol. The summed E-state index contributed by atoms with van der Waals surface area (Å²) in [5, 5.41) is 0. The molecule has 0 radical (unpaired) electrons. The maximum atomic E-state index is 4.94.